The molecule has 12 aromatic rings. The van der Waals surface area contributed by atoms with Crippen LogP contribution >= 0.6 is 0 Å². The van der Waals surface area contributed by atoms with Crippen LogP contribution < -0.4 is 9.80 Å². The average Bonchev–Trinajstić information content (AvgIpc) is 4.02. The predicted molar refractivity (Wildman–Crippen MR) is 300 cm³/mol. The lowest BCUT2D eigenvalue weighted by Gasteiger charge is -2.27. The minimum Gasteiger partial charge on any atom is -0.454 e. The van der Waals surface area contributed by atoms with E-state index in [4.69, 9.17) is 8.83 Å². The monoisotopic (exact) mass is 920 g/mol. The molecular formula is C67H56N2O2. The van der Waals surface area contributed by atoms with Gasteiger partial charge in [-0.15, -0.1) is 0 Å². The molecule has 4 heteroatoms. The first kappa shape index (κ1) is 43.0. The van der Waals surface area contributed by atoms with Gasteiger partial charge >= 0.3 is 0 Å². The van der Waals surface area contributed by atoms with Gasteiger partial charge in [-0.25, -0.2) is 0 Å². The normalized spacial score (nSPS) is 13.5. The molecule has 0 saturated heterocycles. The van der Waals surface area contributed by atoms with Gasteiger partial charge in [-0.2, -0.15) is 0 Å². The second-order valence-corrected chi connectivity index (χ2v) is 22.2. The summed E-state index contributed by atoms with van der Waals surface area (Å²) in [7, 11) is 0. The lowest BCUT2D eigenvalue weighted by atomic mass is 9.79. The van der Waals surface area contributed by atoms with E-state index in [1.807, 2.05) is 0 Å². The Labute approximate surface area is 415 Å². The number of para-hydroxylation sites is 6. The van der Waals surface area contributed by atoms with E-state index in [1.54, 1.807) is 0 Å². The smallest absolute Gasteiger partial charge is 0.159 e. The molecule has 0 N–H and O–H groups in total. The van der Waals surface area contributed by atoms with Crippen LogP contribution in [-0.4, -0.2) is 0 Å². The fraction of sp³-hybridized carbons (Fsp3) is 0.164. The minimum atomic E-state index is -0.261. The number of rotatable bonds is 6. The highest BCUT2D eigenvalue weighted by atomic mass is 16.3. The highest BCUT2D eigenvalue weighted by Gasteiger charge is 2.38. The van der Waals surface area contributed by atoms with E-state index in [0.717, 1.165) is 78.0 Å². The fourth-order valence-corrected chi connectivity index (χ4v) is 11.8. The van der Waals surface area contributed by atoms with E-state index >= 15 is 0 Å². The van der Waals surface area contributed by atoms with Crippen molar-refractivity contribution in [3.8, 4) is 11.1 Å². The third-order valence-corrected chi connectivity index (χ3v) is 15.2. The van der Waals surface area contributed by atoms with E-state index in [-0.39, 0.29) is 16.2 Å². The van der Waals surface area contributed by atoms with Crippen molar-refractivity contribution >= 4 is 99.5 Å². The maximum Gasteiger partial charge on any atom is 0.159 e. The zero-order chi connectivity index (χ0) is 48.6. The summed E-state index contributed by atoms with van der Waals surface area (Å²) in [4.78, 5) is 4.71. The second-order valence-electron chi connectivity index (χ2n) is 22.2. The molecule has 4 nitrogen and oxygen atoms in total. The van der Waals surface area contributed by atoms with E-state index in [1.165, 1.54) is 54.9 Å². The zero-order valence-electron chi connectivity index (χ0n) is 41.7. The van der Waals surface area contributed by atoms with E-state index < -0.39 is 0 Å². The number of anilines is 6. The summed E-state index contributed by atoms with van der Waals surface area (Å²) in [6.07, 6.45) is 0. The van der Waals surface area contributed by atoms with Crippen molar-refractivity contribution in [2.45, 2.75) is 71.6 Å². The lowest BCUT2D eigenvalue weighted by molar-refractivity contribution is 0.572. The molecule has 0 unspecified atom stereocenters. The highest BCUT2D eigenvalue weighted by Crippen LogP contribution is 2.54. The number of hydrogen-bond donors (Lipinski definition) is 0. The molecule has 0 atom stereocenters. The molecule has 1 aliphatic rings. The molecule has 2 heterocycles. The number of benzene rings is 10. The molecule has 1 aliphatic carbocycles. The number of fused-ring (bicyclic) bond motifs is 12. The summed E-state index contributed by atoms with van der Waals surface area (Å²) in [5.41, 5.74) is 17.3. The summed E-state index contributed by atoms with van der Waals surface area (Å²) in [5, 5.41) is 9.41. The van der Waals surface area contributed by atoms with Crippen molar-refractivity contribution in [1.82, 2.24) is 0 Å². The Morgan fingerprint density at radius 3 is 1.34 bits per heavy atom. The van der Waals surface area contributed by atoms with E-state index in [2.05, 4.69) is 259 Å². The third-order valence-electron chi connectivity index (χ3n) is 15.2. The van der Waals surface area contributed by atoms with Crippen LogP contribution in [-0.2, 0) is 16.2 Å². The topological polar surface area (TPSA) is 32.8 Å². The van der Waals surface area contributed by atoms with Crippen LogP contribution in [0.15, 0.2) is 203 Å². The van der Waals surface area contributed by atoms with Crippen LogP contribution in [0, 0.1) is 0 Å². The zero-order valence-corrected chi connectivity index (χ0v) is 41.7. The van der Waals surface area contributed by atoms with Crippen LogP contribution in [0.25, 0.3) is 76.5 Å². The SMILES string of the molecule is CC(C)(C)c1cccc2c1oc1c(N(c3ccccc3)c3ccc4cc5c(cc4c3)C(C)(C)c3c-5ccc4cc(N(c5ccccc5)c5cccc6c5oc5c(C(C)(C)C)cccc56)ccc34)cccc12. The average molecular weight is 921 g/mol. The minimum absolute atomic E-state index is 0.0678. The van der Waals surface area contributed by atoms with Gasteiger partial charge in [0.1, 0.15) is 11.2 Å². The molecular weight excluding hydrogens is 865 g/mol. The molecule has 0 spiro atoms. The summed E-state index contributed by atoms with van der Waals surface area (Å²) in [6.45, 7) is 18.3. The summed E-state index contributed by atoms with van der Waals surface area (Å²) < 4.78 is 13.9. The Hall–Kier alpha value is -8.08. The Balaban J connectivity index is 0.926. The summed E-state index contributed by atoms with van der Waals surface area (Å²) in [5.74, 6) is 0. The van der Waals surface area contributed by atoms with Gasteiger partial charge in [0.05, 0.1) is 11.4 Å². The second kappa shape index (κ2) is 15.5. The molecule has 2 aromatic heterocycles. The highest BCUT2D eigenvalue weighted by molar-refractivity contribution is 6.13. The Morgan fingerprint density at radius 1 is 0.352 bits per heavy atom. The molecule has 0 bridgehead atoms. The van der Waals surface area contributed by atoms with Crippen molar-refractivity contribution in [3.05, 3.63) is 216 Å². The van der Waals surface area contributed by atoms with Gasteiger partial charge in [-0.1, -0.05) is 177 Å². The van der Waals surface area contributed by atoms with Crippen LogP contribution in [0.1, 0.15) is 77.6 Å². The van der Waals surface area contributed by atoms with Crippen LogP contribution in [0.5, 0.6) is 0 Å². The van der Waals surface area contributed by atoms with E-state index in [9.17, 15) is 0 Å². The van der Waals surface area contributed by atoms with Crippen LogP contribution in [0.3, 0.4) is 0 Å². The van der Waals surface area contributed by atoms with E-state index in [0.29, 0.717) is 0 Å². The molecule has 10 aromatic carbocycles. The Bertz CT molecular complexity index is 4100. The largest absolute Gasteiger partial charge is 0.454 e. The molecule has 71 heavy (non-hydrogen) atoms. The summed E-state index contributed by atoms with van der Waals surface area (Å²) in [6, 6.07) is 71.0. The first-order valence-electron chi connectivity index (χ1n) is 25.0. The maximum atomic E-state index is 6.97. The Kier molecular flexibility index (Phi) is 9.36. The Morgan fingerprint density at radius 2 is 0.817 bits per heavy atom. The van der Waals surface area contributed by atoms with Gasteiger partial charge in [0.15, 0.2) is 11.2 Å². The van der Waals surface area contributed by atoms with Crippen molar-refractivity contribution < 1.29 is 8.83 Å². The van der Waals surface area contributed by atoms with Gasteiger partial charge < -0.3 is 18.6 Å². The number of nitrogens with zero attached hydrogens (tertiary/aromatic N) is 2. The third kappa shape index (κ3) is 6.64. The molecule has 346 valence electrons. The molecule has 0 amide bonds. The first-order chi connectivity index (χ1) is 34.2. The summed E-state index contributed by atoms with van der Waals surface area (Å²) >= 11 is 0. The van der Waals surface area contributed by atoms with Crippen LogP contribution in [0.4, 0.5) is 34.1 Å². The fourth-order valence-electron chi connectivity index (χ4n) is 11.8. The predicted octanol–water partition coefficient (Wildman–Crippen LogP) is 19.6. The molecule has 0 radical (unpaired) electrons. The van der Waals surface area contributed by atoms with Gasteiger partial charge in [-0.05, 0) is 127 Å². The molecule has 13 rings (SSSR count). The standard InChI is InChI=1S/C67H56N2O2/c1-65(2,3)55-27-15-23-50-52-25-17-29-58(63(52)70-61(50)55)68(44-19-11-9-12-20-44)46-33-31-41-39-54-49-35-32-42-37-47(34-36-48(42)60(49)67(7,8)57(54)40-43(41)38-46)69(45-21-13-10-14-22-45)59-30-18-26-53-51-24-16-28-56(66(4,5)6)62(51)71-64(53)59/h9-40H,1-8H3. The lowest BCUT2D eigenvalue weighted by Crippen LogP contribution is -2.16. The number of hydrogen-bond acceptors (Lipinski definition) is 4. The number of furan rings is 2. The molecule has 0 fully saturated rings. The van der Waals surface area contributed by atoms with Gasteiger partial charge in [0, 0.05) is 60.8 Å². The first-order valence-corrected chi connectivity index (χ1v) is 25.0. The van der Waals surface area contributed by atoms with Crippen molar-refractivity contribution in [1.29, 1.82) is 0 Å². The van der Waals surface area contributed by atoms with Gasteiger partial charge in [0.25, 0.3) is 0 Å². The van der Waals surface area contributed by atoms with Crippen molar-refractivity contribution in [2.75, 3.05) is 9.80 Å². The molecule has 0 saturated carbocycles. The van der Waals surface area contributed by atoms with Gasteiger partial charge in [-0.3, -0.25) is 0 Å². The van der Waals surface area contributed by atoms with Gasteiger partial charge in [0.2, 0.25) is 0 Å². The quantitative estimate of drug-likeness (QED) is 0.166. The van der Waals surface area contributed by atoms with Crippen molar-refractivity contribution in [2.24, 2.45) is 0 Å². The van der Waals surface area contributed by atoms with Crippen LogP contribution in [0.2, 0.25) is 0 Å². The van der Waals surface area contributed by atoms with Crippen molar-refractivity contribution in [3.63, 3.8) is 0 Å². The maximum absolute atomic E-state index is 6.97. The molecule has 0 aliphatic heterocycles.